The SMILES string of the molecule is CC.CC(C)C.Cc1cc(C)c(-c2cnc3c4ccccc4c4ccc(C)cc4n23)c(C)c1. The highest BCUT2D eigenvalue weighted by Gasteiger charge is 2.16. The fourth-order valence-electron chi connectivity index (χ4n) is 4.51. The highest BCUT2D eigenvalue weighted by molar-refractivity contribution is 6.12. The molecule has 2 nitrogen and oxygen atoms in total. The summed E-state index contributed by atoms with van der Waals surface area (Å²) >= 11 is 0. The summed E-state index contributed by atoms with van der Waals surface area (Å²) in [6.45, 7) is 19.2. The first-order chi connectivity index (χ1) is 15.8. The lowest BCUT2D eigenvalue weighted by Crippen LogP contribution is -1.97. The Kier molecular flexibility index (Phi) is 7.58. The average Bonchev–Trinajstić information content (AvgIpc) is 3.19. The van der Waals surface area contributed by atoms with E-state index in [1.54, 1.807) is 0 Å². The van der Waals surface area contributed by atoms with Crippen LogP contribution in [0.2, 0.25) is 0 Å². The molecule has 5 rings (SSSR count). The number of hydrogen-bond acceptors (Lipinski definition) is 1. The molecule has 5 aromatic rings. The summed E-state index contributed by atoms with van der Waals surface area (Å²) < 4.78 is 2.34. The van der Waals surface area contributed by atoms with E-state index in [0.29, 0.717) is 0 Å². The maximum atomic E-state index is 4.87. The quantitative estimate of drug-likeness (QED) is 0.238. The van der Waals surface area contributed by atoms with Gasteiger partial charge in [-0.3, -0.25) is 4.40 Å². The Morgan fingerprint density at radius 3 is 1.88 bits per heavy atom. The van der Waals surface area contributed by atoms with Crippen molar-refractivity contribution in [1.82, 2.24) is 9.38 Å². The third kappa shape index (κ3) is 4.80. The lowest BCUT2D eigenvalue weighted by molar-refractivity contribution is 0.737. The second-order valence-electron chi connectivity index (χ2n) is 9.37. The molecule has 0 atom stereocenters. The fourth-order valence-corrected chi connectivity index (χ4v) is 4.51. The van der Waals surface area contributed by atoms with E-state index in [2.05, 4.69) is 107 Å². The molecule has 0 spiro atoms. The number of hydrogen-bond donors (Lipinski definition) is 0. The van der Waals surface area contributed by atoms with E-state index < -0.39 is 0 Å². The minimum atomic E-state index is 0.833. The normalized spacial score (nSPS) is 10.8. The molecule has 0 aliphatic carbocycles. The van der Waals surface area contributed by atoms with Gasteiger partial charge in [0.05, 0.1) is 17.4 Å². The van der Waals surface area contributed by atoms with Crippen molar-refractivity contribution in [2.75, 3.05) is 0 Å². The lowest BCUT2D eigenvalue weighted by atomic mass is 9.97. The molecule has 172 valence electrons. The first-order valence-corrected chi connectivity index (χ1v) is 12.1. The van der Waals surface area contributed by atoms with Crippen LogP contribution in [0.1, 0.15) is 56.9 Å². The molecule has 0 radical (unpaired) electrons. The van der Waals surface area contributed by atoms with Crippen molar-refractivity contribution in [2.45, 2.75) is 62.3 Å². The van der Waals surface area contributed by atoms with Crippen LogP contribution in [0, 0.1) is 33.6 Å². The number of benzene rings is 3. The van der Waals surface area contributed by atoms with Crippen LogP contribution in [-0.2, 0) is 0 Å². The molecule has 33 heavy (non-hydrogen) atoms. The van der Waals surface area contributed by atoms with Gasteiger partial charge in [0.1, 0.15) is 5.65 Å². The van der Waals surface area contributed by atoms with E-state index in [1.807, 2.05) is 20.0 Å². The Bertz CT molecular complexity index is 1380. The number of pyridine rings is 1. The molecule has 3 aromatic carbocycles. The van der Waals surface area contributed by atoms with Gasteiger partial charge in [0.2, 0.25) is 0 Å². The molecule has 0 saturated heterocycles. The minimum absolute atomic E-state index is 0.833. The smallest absolute Gasteiger partial charge is 0.145 e. The molecule has 2 heterocycles. The molecule has 0 N–H and O–H groups in total. The van der Waals surface area contributed by atoms with E-state index in [0.717, 1.165) is 11.6 Å². The summed E-state index contributed by atoms with van der Waals surface area (Å²) in [6, 6.07) is 19.8. The van der Waals surface area contributed by atoms with Gasteiger partial charge in [0, 0.05) is 16.3 Å². The number of rotatable bonds is 1. The average molecular weight is 439 g/mol. The highest BCUT2D eigenvalue weighted by Crippen LogP contribution is 2.35. The molecular formula is C31H38N2. The van der Waals surface area contributed by atoms with Crippen molar-refractivity contribution >= 4 is 27.3 Å². The van der Waals surface area contributed by atoms with Crippen LogP contribution >= 0.6 is 0 Å². The van der Waals surface area contributed by atoms with Gasteiger partial charge in [-0.25, -0.2) is 4.98 Å². The van der Waals surface area contributed by atoms with Gasteiger partial charge in [0.25, 0.3) is 0 Å². The molecule has 2 aromatic heterocycles. The van der Waals surface area contributed by atoms with Crippen molar-refractivity contribution in [1.29, 1.82) is 0 Å². The molecule has 0 bridgehead atoms. The van der Waals surface area contributed by atoms with Crippen LogP contribution in [0.4, 0.5) is 0 Å². The number of fused-ring (bicyclic) bond motifs is 6. The predicted molar refractivity (Wildman–Crippen MR) is 146 cm³/mol. The van der Waals surface area contributed by atoms with Gasteiger partial charge >= 0.3 is 0 Å². The van der Waals surface area contributed by atoms with Crippen LogP contribution in [0.3, 0.4) is 0 Å². The molecule has 0 saturated carbocycles. The molecule has 0 aliphatic heterocycles. The molecule has 0 aliphatic rings. The van der Waals surface area contributed by atoms with Crippen LogP contribution in [-0.4, -0.2) is 9.38 Å². The summed E-state index contributed by atoms with van der Waals surface area (Å²) in [5, 5.41) is 3.72. The monoisotopic (exact) mass is 438 g/mol. The highest BCUT2D eigenvalue weighted by atomic mass is 15.0. The Balaban J connectivity index is 0.000000464. The fraction of sp³-hybridized carbons (Fsp3) is 0.323. The third-order valence-electron chi connectivity index (χ3n) is 5.55. The van der Waals surface area contributed by atoms with Crippen molar-refractivity contribution in [2.24, 2.45) is 5.92 Å². The third-order valence-corrected chi connectivity index (χ3v) is 5.55. The molecule has 0 fully saturated rings. The van der Waals surface area contributed by atoms with E-state index in [1.165, 1.54) is 55.2 Å². The molecule has 2 heteroatoms. The minimum Gasteiger partial charge on any atom is -0.292 e. The largest absolute Gasteiger partial charge is 0.292 e. The maximum absolute atomic E-state index is 4.87. The number of aryl methyl sites for hydroxylation is 4. The topological polar surface area (TPSA) is 17.3 Å². The first-order valence-electron chi connectivity index (χ1n) is 12.1. The van der Waals surface area contributed by atoms with Crippen LogP contribution in [0.25, 0.3) is 38.6 Å². The van der Waals surface area contributed by atoms with Crippen LogP contribution < -0.4 is 0 Å². The molecule has 0 amide bonds. The number of imidazole rings is 1. The van der Waals surface area contributed by atoms with Crippen molar-refractivity contribution < 1.29 is 0 Å². The van der Waals surface area contributed by atoms with E-state index in [9.17, 15) is 0 Å². The summed E-state index contributed by atoms with van der Waals surface area (Å²) in [7, 11) is 0. The standard InChI is InChI=1S/C25H22N2.C4H10.C2H6/c1-15-9-10-20-19-7-5-6-8-21(19)25-26-14-23(27(25)22(20)13-15)24-17(3)11-16(2)12-18(24)4;1-4(2)3;1-2/h5-14H,1-4H3;4H,1-3H3;1-2H3. The van der Waals surface area contributed by atoms with Gasteiger partial charge < -0.3 is 0 Å². The van der Waals surface area contributed by atoms with E-state index in [-0.39, 0.29) is 0 Å². The van der Waals surface area contributed by atoms with E-state index >= 15 is 0 Å². The van der Waals surface area contributed by atoms with Crippen LogP contribution in [0.5, 0.6) is 0 Å². The lowest BCUT2D eigenvalue weighted by Gasteiger charge is -2.14. The summed E-state index contributed by atoms with van der Waals surface area (Å²) in [5.41, 5.74) is 9.84. The van der Waals surface area contributed by atoms with Gasteiger partial charge in [-0.1, -0.05) is 88.7 Å². The number of nitrogens with zero attached hydrogens (tertiary/aromatic N) is 2. The van der Waals surface area contributed by atoms with Crippen molar-refractivity contribution in [3.63, 3.8) is 0 Å². The molecule has 0 unspecified atom stereocenters. The Morgan fingerprint density at radius 2 is 1.27 bits per heavy atom. The Labute approximate surface area is 199 Å². The first kappa shape index (κ1) is 24.5. The summed E-state index contributed by atoms with van der Waals surface area (Å²) in [6.07, 6.45) is 2.04. The van der Waals surface area contributed by atoms with Gasteiger partial charge in [0.15, 0.2) is 0 Å². The zero-order valence-electron chi connectivity index (χ0n) is 21.7. The summed E-state index contributed by atoms with van der Waals surface area (Å²) in [4.78, 5) is 4.87. The zero-order valence-corrected chi connectivity index (χ0v) is 21.7. The van der Waals surface area contributed by atoms with Crippen LogP contribution in [0.15, 0.2) is 60.8 Å². The Morgan fingerprint density at radius 1 is 0.697 bits per heavy atom. The number of aromatic nitrogens is 2. The summed E-state index contributed by atoms with van der Waals surface area (Å²) in [5.74, 6) is 0.833. The van der Waals surface area contributed by atoms with Gasteiger partial charge in [-0.2, -0.15) is 0 Å². The van der Waals surface area contributed by atoms with E-state index in [4.69, 9.17) is 4.98 Å². The predicted octanol–water partition coefficient (Wildman–Crippen LogP) is 9.23. The van der Waals surface area contributed by atoms with Crippen molar-refractivity contribution in [3.8, 4) is 11.3 Å². The zero-order chi connectivity index (χ0) is 24.3. The second kappa shape index (κ2) is 10.2. The van der Waals surface area contributed by atoms with Crippen molar-refractivity contribution in [3.05, 3.63) is 83.0 Å². The van der Waals surface area contributed by atoms with Gasteiger partial charge in [-0.15, -0.1) is 0 Å². The Hall–Kier alpha value is -3.13. The maximum Gasteiger partial charge on any atom is 0.145 e. The molecular weight excluding hydrogens is 400 g/mol. The van der Waals surface area contributed by atoms with Gasteiger partial charge in [-0.05, 0) is 61.8 Å². The second-order valence-corrected chi connectivity index (χ2v) is 9.37.